The Hall–Kier alpha value is -0.280. The molecule has 0 bridgehead atoms. The predicted octanol–water partition coefficient (Wildman–Crippen LogP) is 4.53. The Morgan fingerprint density at radius 3 is 2.42 bits per heavy atom. The maximum atomic E-state index is 14.1. The first-order chi connectivity index (χ1) is 11.2. The molecule has 4 nitrogen and oxygen atoms in total. The number of rotatable bonds is 5. The molecule has 0 aliphatic heterocycles. The minimum atomic E-state index is -1.08. The molecule has 3 N–H and O–H groups in total. The number of carbonyl (C=O) groups is 1. The van der Waals surface area contributed by atoms with Crippen molar-refractivity contribution in [3.8, 4) is 11.5 Å². The van der Waals surface area contributed by atoms with E-state index in [1.165, 1.54) is 6.07 Å². The Morgan fingerprint density at radius 2 is 1.88 bits per heavy atom. The number of aliphatic carboxylic acids is 1. The van der Waals surface area contributed by atoms with Gasteiger partial charge in [0.05, 0.1) is 10.7 Å². The van der Waals surface area contributed by atoms with Gasteiger partial charge in [0, 0.05) is 0 Å². The molecular weight excluding hydrogens is 665 g/mol. The zero-order chi connectivity index (χ0) is 18.0. The van der Waals surface area contributed by atoms with Crippen LogP contribution in [0.3, 0.4) is 0 Å². The van der Waals surface area contributed by atoms with Crippen LogP contribution in [0.2, 0.25) is 0 Å². The normalized spacial score (nSPS) is 12.1. The smallest absolute Gasteiger partial charge is 0.320 e. The lowest BCUT2D eigenvalue weighted by atomic mass is 10.1. The van der Waals surface area contributed by atoms with E-state index in [9.17, 15) is 13.6 Å². The lowest BCUT2D eigenvalue weighted by Gasteiger charge is -2.14. The first-order valence-corrected chi connectivity index (χ1v) is 9.72. The number of halogens is 5. The van der Waals surface area contributed by atoms with E-state index in [2.05, 4.69) is 0 Å². The number of ether oxygens (including phenoxy) is 1. The summed E-state index contributed by atoms with van der Waals surface area (Å²) in [7, 11) is 0. The van der Waals surface area contributed by atoms with Gasteiger partial charge in [-0.25, -0.2) is 8.78 Å². The van der Waals surface area contributed by atoms with E-state index in [1.807, 2.05) is 45.2 Å². The molecule has 0 radical (unpaired) electrons. The van der Waals surface area contributed by atoms with Gasteiger partial charge in [-0.15, -0.1) is 0 Å². The predicted molar refractivity (Wildman–Crippen MR) is 110 cm³/mol. The minimum absolute atomic E-state index is 0.0772. The van der Waals surface area contributed by atoms with Gasteiger partial charge in [0.1, 0.15) is 11.9 Å². The maximum Gasteiger partial charge on any atom is 0.320 e. The van der Waals surface area contributed by atoms with E-state index in [0.29, 0.717) is 12.9 Å². The molecule has 0 amide bonds. The van der Waals surface area contributed by atoms with Gasteiger partial charge in [-0.2, -0.15) is 0 Å². The Morgan fingerprint density at radius 1 is 1.29 bits per heavy atom. The lowest BCUT2D eigenvalue weighted by molar-refractivity contribution is -0.138. The van der Waals surface area contributed by atoms with E-state index in [-0.39, 0.29) is 15.7 Å². The van der Waals surface area contributed by atoms with Gasteiger partial charge >= 0.3 is 5.97 Å². The fraction of sp³-hybridized carbons (Fsp3) is 0.133. The second-order valence-electron chi connectivity index (χ2n) is 4.81. The molecule has 24 heavy (non-hydrogen) atoms. The van der Waals surface area contributed by atoms with Gasteiger partial charge in [0.25, 0.3) is 0 Å². The van der Waals surface area contributed by atoms with Crippen LogP contribution in [0.4, 0.5) is 8.78 Å². The Balaban J connectivity index is 2.32. The van der Waals surface area contributed by atoms with Crippen LogP contribution in [0.1, 0.15) is 5.56 Å². The van der Waals surface area contributed by atoms with Crippen molar-refractivity contribution in [1.82, 2.24) is 0 Å². The van der Waals surface area contributed by atoms with Crippen LogP contribution in [0.25, 0.3) is 0 Å². The van der Waals surface area contributed by atoms with Crippen LogP contribution in [-0.2, 0) is 11.2 Å². The van der Waals surface area contributed by atoms with Crippen molar-refractivity contribution in [3.63, 3.8) is 0 Å². The van der Waals surface area contributed by atoms with Gasteiger partial charge in [-0.05, 0) is 104 Å². The summed E-state index contributed by atoms with van der Waals surface area (Å²) >= 11 is 5.60. The molecule has 0 aliphatic carbocycles. The quantitative estimate of drug-likeness (QED) is 0.362. The van der Waals surface area contributed by atoms with E-state index < -0.39 is 23.6 Å². The number of hydrogen-bond donors (Lipinski definition) is 2. The Bertz CT molecular complexity index is 779. The zero-order valence-electron chi connectivity index (χ0n) is 11.8. The van der Waals surface area contributed by atoms with Crippen molar-refractivity contribution < 1.29 is 23.4 Å². The van der Waals surface area contributed by atoms with Crippen LogP contribution in [0.5, 0.6) is 11.5 Å². The van der Waals surface area contributed by atoms with E-state index in [0.717, 1.165) is 11.6 Å². The topological polar surface area (TPSA) is 72.5 Å². The largest absolute Gasteiger partial charge is 0.480 e. The summed E-state index contributed by atoms with van der Waals surface area (Å²) in [6.45, 7) is 0. The standard InChI is InChI=1S/C15H10F2I3NO3/c16-7-1-2-11(12(17)13(7)20)24-14-8(18)3-6(4-9(14)19)5-10(21)15(22)23/h1-4,10H,5,21H2,(H,22,23)/t10-/m0/s1/i20+4. The highest BCUT2D eigenvalue weighted by atomic mass is 131. The highest BCUT2D eigenvalue weighted by molar-refractivity contribution is 14.1. The van der Waals surface area contributed by atoms with E-state index in [4.69, 9.17) is 15.6 Å². The summed E-state index contributed by atoms with van der Waals surface area (Å²) < 4.78 is 34.2. The fourth-order valence-electron chi connectivity index (χ4n) is 1.87. The van der Waals surface area contributed by atoms with Crippen molar-refractivity contribution in [2.45, 2.75) is 12.5 Å². The first kappa shape index (κ1) is 20.0. The second-order valence-corrected chi connectivity index (χ2v) is 8.22. The number of nitrogens with two attached hydrogens (primary N) is 1. The van der Waals surface area contributed by atoms with Crippen molar-refractivity contribution in [1.29, 1.82) is 0 Å². The molecule has 0 spiro atoms. The van der Waals surface area contributed by atoms with Gasteiger partial charge in [0.2, 0.25) is 0 Å². The van der Waals surface area contributed by atoms with E-state index >= 15 is 0 Å². The minimum Gasteiger partial charge on any atom is -0.480 e. The van der Waals surface area contributed by atoms with Crippen molar-refractivity contribution >= 4 is 73.7 Å². The Kier molecular flexibility index (Phi) is 7.01. The fourth-order valence-corrected chi connectivity index (χ4v) is 4.43. The first-order valence-electron chi connectivity index (χ1n) is 6.48. The average Bonchev–Trinajstić information content (AvgIpc) is 2.50. The summed E-state index contributed by atoms with van der Waals surface area (Å²) in [5.74, 6) is -2.15. The van der Waals surface area contributed by atoms with Crippen LogP contribution < -0.4 is 10.5 Å². The Labute approximate surface area is 177 Å². The van der Waals surface area contributed by atoms with Crippen LogP contribution in [0.15, 0.2) is 24.3 Å². The summed E-state index contributed by atoms with van der Waals surface area (Å²) in [4.78, 5) is 10.9. The highest BCUT2D eigenvalue weighted by Gasteiger charge is 2.18. The molecule has 128 valence electrons. The molecule has 0 heterocycles. The molecule has 2 aromatic carbocycles. The monoisotopic (exact) mass is 675 g/mol. The lowest BCUT2D eigenvalue weighted by Crippen LogP contribution is -2.32. The number of carboxylic acid groups (broad SMARTS) is 1. The molecule has 0 saturated heterocycles. The summed E-state index contributed by atoms with van der Waals surface area (Å²) in [5.41, 5.74) is 6.28. The van der Waals surface area contributed by atoms with Crippen LogP contribution in [0, 0.1) is 22.3 Å². The summed E-state index contributed by atoms with van der Waals surface area (Å²) in [5, 5.41) is 8.88. The van der Waals surface area contributed by atoms with Gasteiger partial charge in [-0.3, -0.25) is 4.79 Å². The van der Waals surface area contributed by atoms with Crippen LogP contribution >= 0.6 is 67.8 Å². The molecule has 9 heteroatoms. The van der Waals surface area contributed by atoms with E-state index in [1.54, 1.807) is 34.7 Å². The van der Waals surface area contributed by atoms with Crippen molar-refractivity contribution in [2.24, 2.45) is 5.73 Å². The molecule has 0 saturated carbocycles. The third-order valence-electron chi connectivity index (χ3n) is 3.04. The summed E-state index contributed by atoms with van der Waals surface area (Å²) in [6, 6.07) is 4.83. The zero-order valence-corrected chi connectivity index (χ0v) is 18.3. The number of carboxylic acids is 1. The summed E-state index contributed by atoms with van der Waals surface area (Å²) in [6.07, 6.45) is 0.171. The highest BCUT2D eigenvalue weighted by Crippen LogP contribution is 2.35. The molecule has 0 aromatic heterocycles. The molecule has 0 fully saturated rings. The second kappa shape index (κ2) is 8.40. The maximum absolute atomic E-state index is 14.1. The average molecular weight is 675 g/mol. The van der Waals surface area contributed by atoms with Gasteiger partial charge in [0.15, 0.2) is 17.3 Å². The molecule has 0 aliphatic rings. The van der Waals surface area contributed by atoms with Crippen LogP contribution in [-0.4, -0.2) is 17.1 Å². The molecular formula is C15H10F2I3NO3. The van der Waals surface area contributed by atoms with Crippen molar-refractivity contribution in [2.75, 3.05) is 0 Å². The molecule has 0 unspecified atom stereocenters. The molecule has 1 atom stereocenters. The number of benzene rings is 2. The SMILES string of the molecule is N[C@@H](Cc1cc(I)c(Oc2ccc(F)c([131I])c2F)c(I)c1)C(=O)O. The molecule has 2 aromatic rings. The number of hydrogen-bond acceptors (Lipinski definition) is 3. The third kappa shape index (κ3) is 4.66. The van der Waals surface area contributed by atoms with Gasteiger partial charge < -0.3 is 15.6 Å². The van der Waals surface area contributed by atoms with Crippen molar-refractivity contribution in [3.05, 3.63) is 52.2 Å². The van der Waals surface area contributed by atoms with Gasteiger partial charge in [-0.1, -0.05) is 0 Å². The molecule has 2 rings (SSSR count). The third-order valence-corrected chi connectivity index (χ3v) is 5.63.